The van der Waals surface area contributed by atoms with Gasteiger partial charge in [0.25, 0.3) is 10.0 Å². The number of piperidine rings is 1. The van der Waals surface area contributed by atoms with E-state index in [1.165, 1.54) is 27.0 Å². The number of anilines is 1. The molecule has 0 aliphatic carbocycles. The molecule has 1 aliphatic rings. The number of hydrogen-bond acceptors (Lipinski definition) is 7. The van der Waals surface area contributed by atoms with Crippen LogP contribution in [0.2, 0.25) is 5.02 Å². The fourth-order valence-corrected chi connectivity index (χ4v) is 7.70. The minimum absolute atomic E-state index is 0.0897. The van der Waals surface area contributed by atoms with E-state index < -0.39 is 15.9 Å². The predicted molar refractivity (Wildman–Crippen MR) is 131 cm³/mol. The first kappa shape index (κ1) is 23.6. The highest BCUT2D eigenvalue weighted by Gasteiger charge is 2.36. The Bertz CT molecular complexity index is 1190. The Morgan fingerprint density at radius 1 is 1.25 bits per heavy atom. The number of carbonyl (C=O) groups excluding carboxylic acids is 1. The molecule has 1 aromatic carbocycles. The van der Waals surface area contributed by atoms with E-state index in [0.717, 1.165) is 4.70 Å². The quantitative estimate of drug-likeness (QED) is 0.478. The molecule has 32 heavy (non-hydrogen) atoms. The van der Waals surface area contributed by atoms with Crippen LogP contribution < -0.4 is 4.90 Å². The van der Waals surface area contributed by atoms with Gasteiger partial charge in [-0.25, -0.2) is 13.4 Å². The van der Waals surface area contributed by atoms with Crippen molar-refractivity contribution in [2.24, 2.45) is 5.92 Å². The maximum absolute atomic E-state index is 13.7. The van der Waals surface area contributed by atoms with Gasteiger partial charge in [-0.15, -0.1) is 11.3 Å². The number of para-hydroxylation sites is 1. The highest BCUT2D eigenvalue weighted by atomic mass is 35.5. The van der Waals surface area contributed by atoms with E-state index in [9.17, 15) is 13.2 Å². The second-order valence-electron chi connectivity index (χ2n) is 8.01. The minimum Gasteiger partial charge on any atom is -0.308 e. The Morgan fingerprint density at radius 3 is 2.75 bits per heavy atom. The number of amides is 1. The molecule has 0 spiro atoms. The van der Waals surface area contributed by atoms with Gasteiger partial charge in [0.05, 0.1) is 15.6 Å². The van der Waals surface area contributed by atoms with E-state index in [0.29, 0.717) is 52.4 Å². The Balaban J connectivity index is 1.60. The molecule has 1 aliphatic heterocycles. The van der Waals surface area contributed by atoms with Crippen molar-refractivity contribution < 1.29 is 13.2 Å². The first-order valence-electron chi connectivity index (χ1n) is 10.3. The Morgan fingerprint density at radius 2 is 2.06 bits per heavy atom. The maximum Gasteiger partial charge on any atom is 0.252 e. The standard InChI is InChI=1S/C21H25ClN4O3S3/c1-24(2)11-12-26(21-23-19-16(22)7-3-8-17(19)31-21)20(27)15-6-4-10-25(14-15)32(28,29)18-9-5-13-30-18/h3,5,7-9,13,15H,4,6,10-12,14H2,1-2H3. The number of nitrogens with zero attached hydrogens (tertiary/aromatic N) is 4. The summed E-state index contributed by atoms with van der Waals surface area (Å²) in [4.78, 5) is 22.0. The molecule has 1 saturated heterocycles. The number of thiazole rings is 1. The van der Waals surface area contributed by atoms with Crippen LogP contribution >= 0.6 is 34.3 Å². The van der Waals surface area contributed by atoms with E-state index in [2.05, 4.69) is 4.98 Å². The van der Waals surface area contributed by atoms with Gasteiger partial charge in [-0.3, -0.25) is 9.69 Å². The summed E-state index contributed by atoms with van der Waals surface area (Å²) in [7, 11) is 0.319. The van der Waals surface area contributed by atoms with Crippen molar-refractivity contribution in [2.75, 3.05) is 45.2 Å². The number of thiophene rings is 1. The molecule has 0 bridgehead atoms. The number of sulfonamides is 1. The van der Waals surface area contributed by atoms with Crippen LogP contribution in [0.1, 0.15) is 12.8 Å². The molecule has 0 N–H and O–H groups in total. The lowest BCUT2D eigenvalue weighted by molar-refractivity contribution is -0.123. The number of likely N-dealkylation sites (N-methyl/N-ethyl adjacent to an activating group) is 1. The van der Waals surface area contributed by atoms with Crippen molar-refractivity contribution in [2.45, 2.75) is 17.1 Å². The zero-order valence-electron chi connectivity index (χ0n) is 17.9. The van der Waals surface area contributed by atoms with Crippen LogP contribution in [0.15, 0.2) is 39.9 Å². The number of carbonyl (C=O) groups is 1. The van der Waals surface area contributed by atoms with Crippen LogP contribution in [0.5, 0.6) is 0 Å². The third-order valence-electron chi connectivity index (χ3n) is 5.45. The van der Waals surface area contributed by atoms with Gasteiger partial charge in [0.2, 0.25) is 5.91 Å². The maximum atomic E-state index is 13.7. The van der Waals surface area contributed by atoms with E-state index >= 15 is 0 Å². The highest BCUT2D eigenvalue weighted by molar-refractivity contribution is 7.91. The molecule has 1 unspecified atom stereocenters. The monoisotopic (exact) mass is 512 g/mol. The number of benzene rings is 1. The summed E-state index contributed by atoms with van der Waals surface area (Å²) in [6.07, 6.45) is 1.30. The Hall–Kier alpha value is -1.56. The van der Waals surface area contributed by atoms with Gasteiger partial charge in [0, 0.05) is 26.2 Å². The fourth-order valence-electron chi connectivity index (χ4n) is 3.74. The van der Waals surface area contributed by atoms with Gasteiger partial charge in [-0.1, -0.05) is 35.1 Å². The van der Waals surface area contributed by atoms with Gasteiger partial charge in [-0.05, 0) is 50.5 Å². The summed E-state index contributed by atoms with van der Waals surface area (Å²) >= 11 is 8.94. The molecule has 1 amide bonds. The van der Waals surface area contributed by atoms with E-state index in [1.54, 1.807) is 28.5 Å². The number of hydrogen-bond donors (Lipinski definition) is 0. The lowest BCUT2D eigenvalue weighted by atomic mass is 9.98. The van der Waals surface area contributed by atoms with E-state index in [4.69, 9.17) is 11.6 Å². The van der Waals surface area contributed by atoms with Gasteiger partial charge < -0.3 is 4.90 Å². The van der Waals surface area contributed by atoms with Crippen molar-refractivity contribution in [3.63, 3.8) is 0 Å². The molecule has 11 heteroatoms. The lowest BCUT2D eigenvalue weighted by Gasteiger charge is -2.33. The largest absolute Gasteiger partial charge is 0.308 e. The molecule has 1 atom stereocenters. The summed E-state index contributed by atoms with van der Waals surface area (Å²) in [5, 5.41) is 2.90. The fraction of sp³-hybridized carbons (Fsp3) is 0.429. The topological polar surface area (TPSA) is 73.8 Å². The number of fused-ring (bicyclic) bond motifs is 1. The van der Waals surface area contributed by atoms with Crippen LogP contribution in [-0.4, -0.2) is 68.8 Å². The summed E-state index contributed by atoms with van der Waals surface area (Å²) < 4.78 is 28.7. The third kappa shape index (κ3) is 4.85. The lowest BCUT2D eigenvalue weighted by Crippen LogP contribution is -2.48. The molecule has 172 valence electrons. The SMILES string of the molecule is CN(C)CCN(C(=O)C1CCCN(S(=O)(=O)c2cccs2)C1)c1nc2c(Cl)cccc2s1. The van der Waals surface area contributed by atoms with Crippen molar-refractivity contribution >= 4 is 65.6 Å². The molecule has 0 saturated carbocycles. The van der Waals surface area contributed by atoms with Gasteiger partial charge in [0.15, 0.2) is 5.13 Å². The van der Waals surface area contributed by atoms with Crippen LogP contribution in [0.4, 0.5) is 5.13 Å². The van der Waals surface area contributed by atoms with Crippen molar-refractivity contribution in [3.8, 4) is 0 Å². The van der Waals surface area contributed by atoms with Crippen LogP contribution in [-0.2, 0) is 14.8 Å². The summed E-state index contributed by atoms with van der Waals surface area (Å²) in [6, 6.07) is 8.93. The van der Waals surface area contributed by atoms with Gasteiger partial charge in [0.1, 0.15) is 9.73 Å². The molecular weight excluding hydrogens is 488 g/mol. The first-order chi connectivity index (χ1) is 15.3. The van der Waals surface area contributed by atoms with Gasteiger partial charge >= 0.3 is 0 Å². The molecule has 1 fully saturated rings. The van der Waals surface area contributed by atoms with Crippen molar-refractivity contribution in [1.29, 1.82) is 0 Å². The summed E-state index contributed by atoms with van der Waals surface area (Å²) in [5.41, 5.74) is 0.683. The van der Waals surface area contributed by atoms with Crippen molar-refractivity contribution in [3.05, 3.63) is 40.7 Å². The van der Waals surface area contributed by atoms with E-state index in [1.807, 2.05) is 31.1 Å². The molecular formula is C21H25ClN4O3S3. The number of aromatic nitrogens is 1. The number of rotatable bonds is 7. The Kier molecular flexibility index (Phi) is 7.18. The summed E-state index contributed by atoms with van der Waals surface area (Å²) in [6.45, 7) is 1.75. The number of halogens is 1. The van der Waals surface area contributed by atoms with Crippen LogP contribution in [0.3, 0.4) is 0 Å². The first-order valence-corrected chi connectivity index (χ1v) is 13.8. The zero-order chi connectivity index (χ0) is 22.9. The molecule has 3 heterocycles. The summed E-state index contributed by atoms with van der Waals surface area (Å²) in [5.74, 6) is -0.503. The minimum atomic E-state index is -3.58. The second kappa shape index (κ2) is 9.74. The zero-order valence-corrected chi connectivity index (χ0v) is 21.1. The highest BCUT2D eigenvalue weighted by Crippen LogP contribution is 2.34. The van der Waals surface area contributed by atoms with Gasteiger partial charge in [-0.2, -0.15) is 4.31 Å². The molecule has 7 nitrogen and oxygen atoms in total. The average molecular weight is 513 g/mol. The molecule has 3 aromatic rings. The normalized spacial score (nSPS) is 17.8. The predicted octanol–water partition coefficient (Wildman–Crippen LogP) is 4.01. The molecule has 4 rings (SSSR count). The average Bonchev–Trinajstić information content (AvgIpc) is 3.45. The molecule has 0 radical (unpaired) electrons. The van der Waals surface area contributed by atoms with Crippen molar-refractivity contribution in [1.82, 2.24) is 14.2 Å². The Labute approximate surface area is 201 Å². The van der Waals surface area contributed by atoms with Crippen LogP contribution in [0.25, 0.3) is 10.2 Å². The van der Waals surface area contributed by atoms with Crippen LogP contribution in [0, 0.1) is 5.92 Å². The molecule has 2 aromatic heterocycles. The third-order valence-corrected chi connectivity index (χ3v) is 10.0. The smallest absolute Gasteiger partial charge is 0.252 e. The van der Waals surface area contributed by atoms with E-state index in [-0.39, 0.29) is 12.5 Å². The second-order valence-corrected chi connectivity index (χ2v) is 12.5.